The molecule has 1 atom stereocenters. The summed E-state index contributed by atoms with van der Waals surface area (Å²) in [5.41, 5.74) is 8.04. The zero-order chi connectivity index (χ0) is 14.0. The van der Waals surface area contributed by atoms with Crippen molar-refractivity contribution in [3.05, 3.63) is 57.8 Å². The summed E-state index contributed by atoms with van der Waals surface area (Å²) >= 11 is 3.28. The molecule has 1 unspecified atom stereocenters. The molecule has 2 aromatic rings. The molecule has 0 aliphatic heterocycles. The van der Waals surface area contributed by atoms with Crippen LogP contribution in [0.25, 0.3) is 0 Å². The van der Waals surface area contributed by atoms with Gasteiger partial charge in [0.15, 0.2) is 0 Å². The van der Waals surface area contributed by atoms with Gasteiger partial charge in [-0.05, 0) is 48.4 Å². The van der Waals surface area contributed by atoms with Crippen molar-refractivity contribution < 1.29 is 8.60 Å². The lowest BCUT2D eigenvalue weighted by molar-refractivity contribution is 0.626. The predicted octanol–water partition coefficient (Wildman–Crippen LogP) is 3.79. The molecule has 2 nitrogen and oxygen atoms in total. The van der Waals surface area contributed by atoms with Crippen molar-refractivity contribution in [2.24, 2.45) is 0 Å². The monoisotopic (exact) mass is 341 g/mol. The van der Waals surface area contributed by atoms with Crippen LogP contribution in [-0.2, 0) is 16.6 Å². The van der Waals surface area contributed by atoms with E-state index in [0.717, 1.165) is 16.0 Å². The van der Waals surface area contributed by atoms with Gasteiger partial charge in [0.05, 0.1) is 16.6 Å². The molecule has 0 radical (unpaired) electrons. The van der Waals surface area contributed by atoms with Gasteiger partial charge in [-0.1, -0.05) is 22.0 Å². The predicted molar refractivity (Wildman–Crippen MR) is 79.8 cm³/mol. The third-order valence-corrected chi connectivity index (χ3v) is 5.01. The molecule has 0 bridgehead atoms. The molecule has 0 amide bonds. The van der Waals surface area contributed by atoms with Crippen molar-refractivity contribution >= 4 is 32.4 Å². The normalized spacial score (nSPS) is 12.4. The number of nitrogens with two attached hydrogens (primary N) is 1. The van der Waals surface area contributed by atoms with Gasteiger partial charge in [-0.25, -0.2) is 4.39 Å². The van der Waals surface area contributed by atoms with Crippen molar-refractivity contribution in [1.82, 2.24) is 0 Å². The van der Waals surface area contributed by atoms with E-state index in [1.54, 1.807) is 24.3 Å². The number of rotatable bonds is 3. The average molecular weight is 342 g/mol. The van der Waals surface area contributed by atoms with Crippen LogP contribution in [0.3, 0.4) is 0 Å². The van der Waals surface area contributed by atoms with E-state index in [1.807, 2.05) is 6.92 Å². The zero-order valence-corrected chi connectivity index (χ0v) is 12.7. The first-order valence-corrected chi connectivity index (χ1v) is 7.77. The first kappa shape index (κ1) is 14.2. The molecule has 2 rings (SSSR count). The Morgan fingerprint density at radius 3 is 2.63 bits per heavy atom. The summed E-state index contributed by atoms with van der Waals surface area (Å²) in [6.45, 7) is 1.88. The molecule has 0 aliphatic carbocycles. The maximum Gasteiger partial charge on any atom is 0.124 e. The molecular formula is C14H13BrFNOS. The van der Waals surface area contributed by atoms with E-state index in [9.17, 15) is 8.60 Å². The van der Waals surface area contributed by atoms with Crippen molar-refractivity contribution in [2.45, 2.75) is 17.6 Å². The SMILES string of the molecule is Cc1cc(N)ccc1S(=O)Cc1ccc(F)cc1Br. The molecule has 19 heavy (non-hydrogen) atoms. The minimum absolute atomic E-state index is 0.315. The van der Waals surface area contributed by atoms with Gasteiger partial charge in [-0.2, -0.15) is 0 Å². The Labute approximate surface area is 122 Å². The van der Waals surface area contributed by atoms with Crippen LogP contribution < -0.4 is 5.73 Å². The average Bonchev–Trinajstić information content (AvgIpc) is 2.32. The maximum absolute atomic E-state index is 13.0. The Balaban J connectivity index is 2.25. The molecule has 0 saturated heterocycles. The van der Waals surface area contributed by atoms with Crippen molar-refractivity contribution in [2.75, 3.05) is 5.73 Å². The lowest BCUT2D eigenvalue weighted by Crippen LogP contribution is -2.00. The van der Waals surface area contributed by atoms with Crippen molar-refractivity contribution in [3.63, 3.8) is 0 Å². The Hall–Kier alpha value is -1.20. The highest BCUT2D eigenvalue weighted by Crippen LogP contribution is 2.23. The summed E-state index contributed by atoms with van der Waals surface area (Å²) in [5, 5.41) is 0. The summed E-state index contributed by atoms with van der Waals surface area (Å²) in [7, 11) is -1.18. The van der Waals surface area contributed by atoms with Gasteiger partial charge in [0.25, 0.3) is 0 Å². The summed E-state index contributed by atoms with van der Waals surface area (Å²) < 4.78 is 26.0. The van der Waals surface area contributed by atoms with Gasteiger partial charge in [0.1, 0.15) is 5.82 Å². The van der Waals surface area contributed by atoms with E-state index in [1.165, 1.54) is 12.1 Å². The fraction of sp³-hybridized carbons (Fsp3) is 0.143. The molecule has 0 aliphatic rings. The topological polar surface area (TPSA) is 43.1 Å². The van der Waals surface area contributed by atoms with Crippen LogP contribution in [0, 0.1) is 12.7 Å². The van der Waals surface area contributed by atoms with Gasteiger partial charge in [-0.3, -0.25) is 4.21 Å². The smallest absolute Gasteiger partial charge is 0.124 e. The second-order valence-electron chi connectivity index (χ2n) is 4.25. The number of hydrogen-bond donors (Lipinski definition) is 1. The molecule has 0 spiro atoms. The Kier molecular flexibility index (Phi) is 4.37. The van der Waals surface area contributed by atoms with Crippen molar-refractivity contribution in [1.29, 1.82) is 0 Å². The molecule has 0 fully saturated rings. The lowest BCUT2D eigenvalue weighted by Gasteiger charge is -2.08. The standard InChI is InChI=1S/C14H13BrFNOS/c1-9-6-12(17)4-5-14(9)19(18)8-10-2-3-11(16)7-13(10)15/h2-7H,8,17H2,1H3. The van der Waals surface area contributed by atoms with E-state index >= 15 is 0 Å². The number of hydrogen-bond acceptors (Lipinski definition) is 2. The van der Waals surface area contributed by atoms with E-state index in [0.29, 0.717) is 15.9 Å². The van der Waals surface area contributed by atoms with Gasteiger partial charge in [0.2, 0.25) is 0 Å². The van der Waals surface area contributed by atoms with Crippen molar-refractivity contribution in [3.8, 4) is 0 Å². The largest absolute Gasteiger partial charge is 0.399 e. The Morgan fingerprint density at radius 2 is 2.00 bits per heavy atom. The quantitative estimate of drug-likeness (QED) is 0.863. The van der Waals surface area contributed by atoms with Gasteiger partial charge in [-0.15, -0.1) is 0 Å². The number of anilines is 1. The van der Waals surface area contributed by atoms with Crippen LogP contribution in [0.5, 0.6) is 0 Å². The van der Waals surface area contributed by atoms with Crippen LogP contribution in [0.4, 0.5) is 10.1 Å². The third-order valence-electron chi connectivity index (χ3n) is 2.75. The fourth-order valence-corrected chi connectivity index (χ4v) is 3.79. The molecule has 0 saturated carbocycles. The molecule has 0 aromatic heterocycles. The highest BCUT2D eigenvalue weighted by Gasteiger charge is 2.11. The van der Waals surface area contributed by atoms with E-state index < -0.39 is 10.8 Å². The number of halogens is 2. The fourth-order valence-electron chi connectivity index (χ4n) is 1.79. The summed E-state index contributed by atoms with van der Waals surface area (Å²) in [5.74, 6) is 0.0242. The number of aryl methyl sites for hydroxylation is 1. The van der Waals surface area contributed by atoms with E-state index in [2.05, 4.69) is 15.9 Å². The summed E-state index contributed by atoms with van der Waals surface area (Å²) in [6, 6.07) is 9.70. The van der Waals surface area contributed by atoms with Crippen LogP contribution >= 0.6 is 15.9 Å². The number of benzene rings is 2. The highest BCUT2D eigenvalue weighted by atomic mass is 79.9. The number of nitrogen functional groups attached to an aromatic ring is 1. The molecule has 2 N–H and O–H groups in total. The van der Waals surface area contributed by atoms with Crippen LogP contribution in [0.1, 0.15) is 11.1 Å². The second-order valence-corrected chi connectivity index (χ2v) is 6.52. The van der Waals surface area contributed by atoms with Gasteiger partial charge < -0.3 is 5.73 Å². The zero-order valence-electron chi connectivity index (χ0n) is 10.3. The minimum atomic E-state index is -1.18. The molecule has 2 aromatic carbocycles. The summed E-state index contributed by atoms with van der Waals surface area (Å²) in [4.78, 5) is 0.755. The first-order chi connectivity index (χ1) is 8.97. The minimum Gasteiger partial charge on any atom is -0.399 e. The van der Waals surface area contributed by atoms with E-state index in [-0.39, 0.29) is 5.82 Å². The molecule has 5 heteroatoms. The van der Waals surface area contributed by atoms with Crippen LogP contribution in [-0.4, -0.2) is 4.21 Å². The Morgan fingerprint density at radius 1 is 1.26 bits per heavy atom. The second kappa shape index (κ2) is 5.84. The van der Waals surface area contributed by atoms with Gasteiger partial charge in [0, 0.05) is 15.1 Å². The Bertz CT molecular complexity index is 645. The third kappa shape index (κ3) is 3.42. The van der Waals surface area contributed by atoms with Crippen LogP contribution in [0.2, 0.25) is 0 Å². The lowest BCUT2D eigenvalue weighted by atomic mass is 10.2. The van der Waals surface area contributed by atoms with Crippen LogP contribution in [0.15, 0.2) is 45.8 Å². The first-order valence-electron chi connectivity index (χ1n) is 5.66. The molecular weight excluding hydrogens is 329 g/mol. The maximum atomic E-state index is 13.0. The molecule has 100 valence electrons. The molecule has 0 heterocycles. The van der Waals surface area contributed by atoms with Gasteiger partial charge >= 0.3 is 0 Å². The summed E-state index contributed by atoms with van der Waals surface area (Å²) in [6.07, 6.45) is 0. The van der Waals surface area contributed by atoms with E-state index in [4.69, 9.17) is 5.73 Å². The highest BCUT2D eigenvalue weighted by molar-refractivity contribution is 9.10.